The molecule has 0 aliphatic carbocycles. The van der Waals surface area contributed by atoms with E-state index in [1.54, 1.807) is 23.1 Å². The molecule has 0 amide bonds. The van der Waals surface area contributed by atoms with Crippen LogP contribution in [0.25, 0.3) is 0 Å². The molecule has 0 bridgehead atoms. The van der Waals surface area contributed by atoms with Crippen LogP contribution in [0.3, 0.4) is 0 Å². The molecule has 9 heteroatoms. The Labute approximate surface area is 144 Å². The van der Waals surface area contributed by atoms with Crippen molar-refractivity contribution in [3.8, 4) is 12.3 Å². The monoisotopic (exact) mass is 355 g/mol. The predicted molar refractivity (Wildman–Crippen MR) is 95.6 cm³/mol. The number of rotatable bonds is 11. The van der Waals surface area contributed by atoms with E-state index in [2.05, 4.69) is 31.8 Å². The van der Waals surface area contributed by atoms with Gasteiger partial charge in [0.25, 0.3) is 6.20 Å². The van der Waals surface area contributed by atoms with E-state index in [0.29, 0.717) is 12.4 Å². The average molecular weight is 355 g/mol. The van der Waals surface area contributed by atoms with Gasteiger partial charge in [-0.1, -0.05) is 5.92 Å². The van der Waals surface area contributed by atoms with Crippen LogP contribution >= 0.6 is 23.1 Å². The highest BCUT2D eigenvalue weighted by Crippen LogP contribution is 2.17. The molecule has 0 fully saturated rings. The van der Waals surface area contributed by atoms with E-state index in [4.69, 9.17) is 6.42 Å². The quantitative estimate of drug-likeness (QED) is 0.268. The van der Waals surface area contributed by atoms with Crippen molar-refractivity contribution in [1.82, 2.24) is 20.5 Å². The maximum Gasteiger partial charge on any atom is 0.274 e. The smallest absolute Gasteiger partial charge is 0.274 e. The first-order valence-corrected chi connectivity index (χ1v) is 8.97. The fraction of sp³-hybridized carbons (Fsp3) is 0.500. The minimum Gasteiger partial charge on any atom is -0.366 e. The molecule has 0 unspecified atom stereocenters. The van der Waals surface area contributed by atoms with Gasteiger partial charge in [-0.2, -0.15) is 11.8 Å². The molecule has 0 radical (unpaired) electrons. The second kappa shape index (κ2) is 10.9. The van der Waals surface area contributed by atoms with Crippen LogP contribution in [0, 0.1) is 22.5 Å². The van der Waals surface area contributed by atoms with Crippen molar-refractivity contribution in [2.75, 3.05) is 32.9 Å². The molecule has 0 aliphatic rings. The summed E-state index contributed by atoms with van der Waals surface area (Å²) in [4.78, 5) is 16.6. The molecule has 7 nitrogen and oxygen atoms in total. The second-order valence-electron chi connectivity index (χ2n) is 4.84. The molecule has 23 heavy (non-hydrogen) atoms. The third-order valence-corrected chi connectivity index (χ3v) is 4.53. The summed E-state index contributed by atoms with van der Waals surface area (Å²) in [6.07, 6.45) is 6.02. The molecule has 0 saturated carbocycles. The van der Waals surface area contributed by atoms with E-state index >= 15 is 0 Å². The van der Waals surface area contributed by atoms with Crippen molar-refractivity contribution < 1.29 is 4.92 Å². The standard InChI is InChI=1S/C14H21N5O2S2/c1-4-5-15-13(9-19(20)21)16-6-7-22-11-14-17-12(10-23-14)8-18(2)3/h1,9-10,15-16H,5-8,11H2,2-3H3. The van der Waals surface area contributed by atoms with E-state index in [0.717, 1.165) is 35.0 Å². The van der Waals surface area contributed by atoms with Crippen LogP contribution < -0.4 is 10.6 Å². The van der Waals surface area contributed by atoms with E-state index in [9.17, 15) is 10.1 Å². The van der Waals surface area contributed by atoms with E-state index in [-0.39, 0.29) is 6.54 Å². The summed E-state index contributed by atoms with van der Waals surface area (Å²) in [7, 11) is 4.04. The fourth-order valence-corrected chi connectivity index (χ4v) is 3.36. The number of nitrogens with zero attached hydrogens (tertiary/aromatic N) is 3. The zero-order chi connectivity index (χ0) is 17.1. The van der Waals surface area contributed by atoms with E-state index in [1.807, 2.05) is 14.1 Å². The van der Waals surface area contributed by atoms with Gasteiger partial charge in [-0.15, -0.1) is 17.8 Å². The lowest BCUT2D eigenvalue weighted by atomic mass is 10.5. The van der Waals surface area contributed by atoms with E-state index < -0.39 is 4.92 Å². The summed E-state index contributed by atoms with van der Waals surface area (Å²) in [6.45, 7) is 1.70. The van der Waals surface area contributed by atoms with Crippen LogP contribution in [-0.4, -0.2) is 47.7 Å². The third-order valence-electron chi connectivity index (χ3n) is 2.48. The molecule has 0 aliphatic heterocycles. The number of terminal acetylenes is 1. The molecule has 1 rings (SSSR count). The van der Waals surface area contributed by atoms with Gasteiger partial charge in [-0.05, 0) is 14.1 Å². The van der Waals surface area contributed by atoms with Crippen LogP contribution in [-0.2, 0) is 12.3 Å². The molecule has 1 heterocycles. The minimum absolute atomic E-state index is 0.244. The topological polar surface area (TPSA) is 83.3 Å². The summed E-state index contributed by atoms with van der Waals surface area (Å²) in [5, 5.41) is 19.4. The Morgan fingerprint density at radius 1 is 1.61 bits per heavy atom. The molecule has 1 aromatic heterocycles. The SMILES string of the molecule is C#CCNC(=C[N+](=O)[O-])NCCSCc1nc(CN(C)C)cs1. The van der Waals surface area contributed by atoms with Gasteiger partial charge in [0.2, 0.25) is 0 Å². The fourth-order valence-electron chi connectivity index (χ4n) is 1.63. The zero-order valence-electron chi connectivity index (χ0n) is 13.2. The minimum atomic E-state index is -0.513. The highest BCUT2D eigenvalue weighted by atomic mass is 32.2. The number of thiazole rings is 1. The summed E-state index contributed by atoms with van der Waals surface area (Å²) in [5.74, 6) is 4.36. The summed E-state index contributed by atoms with van der Waals surface area (Å²) >= 11 is 3.39. The largest absolute Gasteiger partial charge is 0.366 e. The Morgan fingerprint density at radius 2 is 2.39 bits per heavy atom. The Hall–Kier alpha value is -1.76. The number of hydrogen-bond acceptors (Lipinski definition) is 8. The summed E-state index contributed by atoms with van der Waals surface area (Å²) < 4.78 is 0. The van der Waals surface area contributed by atoms with Crippen molar-refractivity contribution in [1.29, 1.82) is 0 Å². The molecular weight excluding hydrogens is 334 g/mol. The van der Waals surface area contributed by atoms with Crippen LogP contribution in [0.4, 0.5) is 0 Å². The van der Waals surface area contributed by atoms with Gasteiger partial charge in [-0.3, -0.25) is 10.1 Å². The van der Waals surface area contributed by atoms with Crippen molar-refractivity contribution in [3.63, 3.8) is 0 Å². The first-order valence-electron chi connectivity index (χ1n) is 6.93. The Kier molecular flexibility index (Phi) is 9.12. The van der Waals surface area contributed by atoms with Crippen LogP contribution in [0.1, 0.15) is 10.7 Å². The number of hydrogen-bond donors (Lipinski definition) is 2. The normalized spacial score (nSPS) is 11.3. The van der Waals surface area contributed by atoms with Crippen LogP contribution in [0.15, 0.2) is 17.4 Å². The first-order chi connectivity index (χ1) is 11.0. The third kappa shape index (κ3) is 9.07. The Morgan fingerprint density at radius 3 is 3.04 bits per heavy atom. The molecule has 1 aromatic rings. The molecule has 2 N–H and O–H groups in total. The lowest BCUT2D eigenvalue weighted by Crippen LogP contribution is -2.29. The molecule has 0 aromatic carbocycles. The first kappa shape index (κ1) is 19.3. The number of aromatic nitrogens is 1. The summed E-state index contributed by atoms with van der Waals surface area (Å²) in [6, 6.07) is 0. The highest BCUT2D eigenvalue weighted by molar-refractivity contribution is 7.98. The number of nitro groups is 1. The average Bonchev–Trinajstić information content (AvgIpc) is 2.90. The van der Waals surface area contributed by atoms with Gasteiger partial charge < -0.3 is 15.5 Å². The zero-order valence-corrected chi connectivity index (χ0v) is 14.9. The lowest BCUT2D eigenvalue weighted by Gasteiger charge is -2.08. The molecule has 0 saturated heterocycles. The van der Waals surface area contributed by atoms with Crippen LogP contribution in [0.2, 0.25) is 0 Å². The Balaban J connectivity index is 2.27. The van der Waals surface area contributed by atoms with Crippen molar-refractivity contribution in [2.24, 2.45) is 0 Å². The van der Waals surface area contributed by atoms with Crippen LogP contribution in [0.5, 0.6) is 0 Å². The molecular formula is C14H21N5O2S2. The molecule has 0 spiro atoms. The van der Waals surface area contributed by atoms with Crippen molar-refractivity contribution >= 4 is 23.1 Å². The maximum atomic E-state index is 10.5. The second-order valence-corrected chi connectivity index (χ2v) is 6.88. The van der Waals surface area contributed by atoms with Crippen molar-refractivity contribution in [2.45, 2.75) is 12.3 Å². The molecule has 126 valence electrons. The van der Waals surface area contributed by atoms with Gasteiger partial charge in [0, 0.05) is 30.0 Å². The number of nitrogens with one attached hydrogen (secondary N) is 2. The van der Waals surface area contributed by atoms with E-state index in [1.165, 1.54) is 0 Å². The Bertz CT molecular complexity index is 566. The summed E-state index contributed by atoms with van der Waals surface area (Å²) in [5.41, 5.74) is 1.09. The van der Waals surface area contributed by atoms with Gasteiger partial charge in [0.05, 0.1) is 17.2 Å². The van der Waals surface area contributed by atoms with Gasteiger partial charge in [0.15, 0.2) is 5.82 Å². The van der Waals surface area contributed by atoms with Gasteiger partial charge in [0.1, 0.15) is 5.01 Å². The van der Waals surface area contributed by atoms with Crippen molar-refractivity contribution in [3.05, 3.63) is 38.2 Å². The number of thioether (sulfide) groups is 1. The predicted octanol–water partition coefficient (Wildman–Crippen LogP) is 1.33. The lowest BCUT2D eigenvalue weighted by molar-refractivity contribution is -0.404. The maximum absolute atomic E-state index is 10.5. The molecule has 0 atom stereocenters. The van der Waals surface area contributed by atoms with Gasteiger partial charge in [-0.25, -0.2) is 4.98 Å². The van der Waals surface area contributed by atoms with Gasteiger partial charge >= 0.3 is 0 Å². The highest BCUT2D eigenvalue weighted by Gasteiger charge is 2.04.